The van der Waals surface area contributed by atoms with E-state index >= 15 is 0 Å². The number of rotatable bonds is 4. The van der Waals surface area contributed by atoms with Gasteiger partial charge in [0.25, 0.3) is 11.8 Å². The molecule has 0 aliphatic carbocycles. The van der Waals surface area contributed by atoms with Gasteiger partial charge in [-0.1, -0.05) is 30.3 Å². The van der Waals surface area contributed by atoms with Gasteiger partial charge in [-0.05, 0) is 37.1 Å². The highest BCUT2D eigenvalue weighted by atomic mass is 16.5. The fourth-order valence-electron chi connectivity index (χ4n) is 3.75. The summed E-state index contributed by atoms with van der Waals surface area (Å²) in [6, 6.07) is 17.5. The molecule has 4 rings (SSSR count). The summed E-state index contributed by atoms with van der Waals surface area (Å²) in [5.74, 6) is -0.220. The zero-order valence-electron chi connectivity index (χ0n) is 15.8. The summed E-state index contributed by atoms with van der Waals surface area (Å²) in [4.78, 5) is 29.6. The number of hydrogen-bond donors (Lipinski definition) is 1. The highest BCUT2D eigenvalue weighted by Crippen LogP contribution is 2.22. The molecule has 0 saturated carbocycles. The van der Waals surface area contributed by atoms with Gasteiger partial charge in [0.2, 0.25) is 0 Å². The molecule has 0 bridgehead atoms. The average Bonchev–Trinajstić information content (AvgIpc) is 3.30. The second-order valence-electron chi connectivity index (χ2n) is 7.15. The van der Waals surface area contributed by atoms with Gasteiger partial charge in [-0.2, -0.15) is 0 Å². The normalized spacial score (nSPS) is 19.5. The molecule has 2 fully saturated rings. The number of carbonyl (C=O) groups is 2. The third-order valence-electron chi connectivity index (χ3n) is 5.33. The summed E-state index contributed by atoms with van der Waals surface area (Å²) >= 11 is 0. The van der Waals surface area contributed by atoms with Gasteiger partial charge in [-0.25, -0.2) is 0 Å². The van der Waals surface area contributed by atoms with Crippen LogP contribution in [0.2, 0.25) is 0 Å². The summed E-state index contributed by atoms with van der Waals surface area (Å²) in [5, 5.41) is 2.89. The number of para-hydroxylation sites is 2. The molecule has 28 heavy (non-hydrogen) atoms. The van der Waals surface area contributed by atoms with Crippen molar-refractivity contribution in [3.8, 4) is 0 Å². The zero-order valence-corrected chi connectivity index (χ0v) is 15.8. The number of piperazine rings is 1. The lowest BCUT2D eigenvalue weighted by molar-refractivity contribution is -0.124. The molecule has 1 N–H and O–H groups in total. The van der Waals surface area contributed by atoms with E-state index in [2.05, 4.69) is 22.3 Å². The fraction of sp³-hybridized carbons (Fsp3) is 0.364. The number of ether oxygens (including phenoxy) is 1. The number of carbonyl (C=O) groups excluding carboxylic acids is 2. The summed E-state index contributed by atoms with van der Waals surface area (Å²) in [6.45, 7) is 3.51. The number of anilines is 2. The van der Waals surface area contributed by atoms with E-state index in [1.165, 1.54) is 5.69 Å². The van der Waals surface area contributed by atoms with Crippen molar-refractivity contribution in [2.75, 3.05) is 43.0 Å². The summed E-state index contributed by atoms with van der Waals surface area (Å²) < 4.78 is 5.44. The molecule has 0 spiro atoms. The van der Waals surface area contributed by atoms with Crippen molar-refractivity contribution in [1.82, 2.24) is 4.90 Å². The van der Waals surface area contributed by atoms with Gasteiger partial charge in [0.05, 0.1) is 11.3 Å². The Morgan fingerprint density at radius 1 is 0.929 bits per heavy atom. The highest BCUT2D eigenvalue weighted by Gasteiger charge is 2.27. The van der Waals surface area contributed by atoms with E-state index in [0.29, 0.717) is 30.9 Å². The minimum atomic E-state index is -0.419. The van der Waals surface area contributed by atoms with Gasteiger partial charge in [-0.3, -0.25) is 9.59 Å². The Kier molecular flexibility index (Phi) is 5.58. The highest BCUT2D eigenvalue weighted by molar-refractivity contribution is 6.04. The SMILES string of the molecule is O=C(Nc1ccccc1C(=O)N1CCN(c2ccccc2)CC1)[C@H]1CCCO1. The van der Waals surface area contributed by atoms with Crippen LogP contribution in [-0.4, -0.2) is 55.6 Å². The van der Waals surface area contributed by atoms with Crippen molar-refractivity contribution >= 4 is 23.2 Å². The number of benzene rings is 2. The second-order valence-corrected chi connectivity index (χ2v) is 7.15. The minimum absolute atomic E-state index is 0.0454. The first-order valence-electron chi connectivity index (χ1n) is 9.83. The standard InChI is InChI=1S/C22H25N3O3/c26-21(20-11-6-16-28-20)23-19-10-5-4-9-18(19)22(27)25-14-12-24(13-15-25)17-7-2-1-3-8-17/h1-5,7-10,20H,6,11-16H2,(H,23,26)/t20-/m1/s1. The van der Waals surface area contributed by atoms with Crippen LogP contribution in [0, 0.1) is 0 Å². The quantitative estimate of drug-likeness (QED) is 0.887. The van der Waals surface area contributed by atoms with E-state index in [9.17, 15) is 9.59 Å². The monoisotopic (exact) mass is 379 g/mol. The average molecular weight is 379 g/mol. The lowest BCUT2D eigenvalue weighted by atomic mass is 10.1. The Hall–Kier alpha value is -2.86. The van der Waals surface area contributed by atoms with Crippen molar-refractivity contribution in [2.24, 2.45) is 0 Å². The van der Waals surface area contributed by atoms with Gasteiger partial charge in [0.1, 0.15) is 6.10 Å². The van der Waals surface area contributed by atoms with Crippen LogP contribution in [0.4, 0.5) is 11.4 Å². The van der Waals surface area contributed by atoms with Crippen molar-refractivity contribution in [2.45, 2.75) is 18.9 Å². The fourth-order valence-corrected chi connectivity index (χ4v) is 3.75. The van der Waals surface area contributed by atoms with E-state index in [0.717, 1.165) is 25.9 Å². The molecule has 6 nitrogen and oxygen atoms in total. The van der Waals surface area contributed by atoms with Gasteiger partial charge in [0, 0.05) is 38.5 Å². The van der Waals surface area contributed by atoms with Crippen LogP contribution in [0.25, 0.3) is 0 Å². The molecule has 2 aromatic rings. The second kappa shape index (κ2) is 8.44. The van der Waals surface area contributed by atoms with Crippen LogP contribution in [0.3, 0.4) is 0 Å². The molecule has 146 valence electrons. The van der Waals surface area contributed by atoms with Crippen molar-refractivity contribution < 1.29 is 14.3 Å². The molecule has 0 unspecified atom stereocenters. The molecular formula is C22H25N3O3. The Morgan fingerprint density at radius 2 is 1.64 bits per heavy atom. The molecule has 6 heteroatoms. The van der Waals surface area contributed by atoms with Gasteiger partial charge in [-0.15, -0.1) is 0 Å². The maximum absolute atomic E-state index is 13.1. The van der Waals surface area contributed by atoms with Crippen LogP contribution >= 0.6 is 0 Å². The van der Waals surface area contributed by atoms with E-state index < -0.39 is 6.10 Å². The molecule has 2 aliphatic heterocycles. The summed E-state index contributed by atoms with van der Waals surface area (Å²) in [7, 11) is 0. The van der Waals surface area contributed by atoms with E-state index in [1.807, 2.05) is 35.2 Å². The molecule has 2 aromatic carbocycles. The molecule has 2 saturated heterocycles. The van der Waals surface area contributed by atoms with Crippen LogP contribution in [0.1, 0.15) is 23.2 Å². The van der Waals surface area contributed by atoms with Gasteiger partial charge in [0.15, 0.2) is 0 Å². The zero-order chi connectivity index (χ0) is 19.3. The molecule has 0 radical (unpaired) electrons. The molecule has 2 heterocycles. The molecule has 2 aliphatic rings. The Morgan fingerprint density at radius 3 is 2.36 bits per heavy atom. The van der Waals surface area contributed by atoms with Crippen molar-refractivity contribution in [3.63, 3.8) is 0 Å². The minimum Gasteiger partial charge on any atom is -0.368 e. The lowest BCUT2D eigenvalue weighted by Gasteiger charge is -2.36. The predicted octanol–water partition coefficient (Wildman–Crippen LogP) is 2.77. The largest absolute Gasteiger partial charge is 0.368 e. The van der Waals surface area contributed by atoms with Crippen molar-refractivity contribution in [3.05, 3.63) is 60.2 Å². The van der Waals surface area contributed by atoms with Gasteiger partial charge >= 0.3 is 0 Å². The van der Waals surface area contributed by atoms with E-state index in [4.69, 9.17) is 4.74 Å². The predicted molar refractivity (Wildman–Crippen MR) is 109 cm³/mol. The first-order chi connectivity index (χ1) is 13.7. The van der Waals surface area contributed by atoms with Crippen LogP contribution in [0.15, 0.2) is 54.6 Å². The number of hydrogen-bond acceptors (Lipinski definition) is 4. The molecular weight excluding hydrogens is 354 g/mol. The van der Waals surface area contributed by atoms with Crippen LogP contribution < -0.4 is 10.2 Å². The van der Waals surface area contributed by atoms with Crippen molar-refractivity contribution in [1.29, 1.82) is 0 Å². The molecule has 2 amide bonds. The first-order valence-corrected chi connectivity index (χ1v) is 9.83. The number of nitrogens with zero attached hydrogens (tertiary/aromatic N) is 2. The topological polar surface area (TPSA) is 61.9 Å². The summed E-state index contributed by atoms with van der Waals surface area (Å²) in [6.07, 6.45) is 1.20. The van der Waals surface area contributed by atoms with Crippen LogP contribution in [-0.2, 0) is 9.53 Å². The number of nitrogens with one attached hydrogen (secondary N) is 1. The smallest absolute Gasteiger partial charge is 0.256 e. The summed E-state index contributed by atoms with van der Waals surface area (Å²) in [5.41, 5.74) is 2.26. The molecule has 0 aromatic heterocycles. The Bertz CT molecular complexity index is 826. The van der Waals surface area contributed by atoms with E-state index in [-0.39, 0.29) is 11.8 Å². The first kappa shape index (κ1) is 18.5. The van der Waals surface area contributed by atoms with Crippen LogP contribution in [0.5, 0.6) is 0 Å². The maximum atomic E-state index is 13.1. The Balaban J connectivity index is 1.42. The lowest BCUT2D eigenvalue weighted by Crippen LogP contribution is -2.49. The number of amides is 2. The van der Waals surface area contributed by atoms with E-state index in [1.54, 1.807) is 12.1 Å². The third kappa shape index (κ3) is 4.02. The molecule has 1 atom stereocenters. The van der Waals surface area contributed by atoms with Gasteiger partial charge < -0.3 is 19.9 Å². The maximum Gasteiger partial charge on any atom is 0.256 e. The third-order valence-corrected chi connectivity index (χ3v) is 5.33. The Labute approximate surface area is 165 Å².